The number of carbonyl (C=O) groups excluding carboxylic acids is 3. The number of carbonyl (C=O) groups is 3. The molecular formula is C20H17ClN2O4S. The Balaban J connectivity index is 1.61. The van der Waals surface area contributed by atoms with Gasteiger partial charge in [0.1, 0.15) is 5.75 Å². The van der Waals surface area contributed by atoms with Gasteiger partial charge in [0.2, 0.25) is 11.8 Å². The minimum absolute atomic E-state index is 0.186. The number of nitrogens with one attached hydrogen (secondary N) is 1. The van der Waals surface area contributed by atoms with Gasteiger partial charge in [-0.25, -0.2) is 0 Å². The van der Waals surface area contributed by atoms with Crippen molar-refractivity contribution < 1.29 is 19.1 Å². The summed E-state index contributed by atoms with van der Waals surface area (Å²) in [5.74, 6) is 0.309. The van der Waals surface area contributed by atoms with Crippen LogP contribution in [-0.2, 0) is 16.1 Å². The Bertz CT molecular complexity index is 928. The fraction of sp³-hybridized carbons (Fsp3) is 0.150. The standard InChI is InChI=1S/C20H17ClN2O4S/c1-27-17-8-5-15(21)10-14(17)4-9-18(24)22-16-6-2-13(3-7-16)11-23-19(25)12-28-20(23)26/h2-10H,11-12H2,1H3,(H,22,24)/b9-4+. The lowest BCUT2D eigenvalue weighted by Gasteiger charge is -2.13. The zero-order valence-electron chi connectivity index (χ0n) is 15.0. The summed E-state index contributed by atoms with van der Waals surface area (Å²) in [4.78, 5) is 36.7. The molecule has 0 saturated carbocycles. The van der Waals surface area contributed by atoms with Crippen molar-refractivity contribution in [2.45, 2.75) is 6.54 Å². The summed E-state index contributed by atoms with van der Waals surface area (Å²) in [6.45, 7) is 0.230. The van der Waals surface area contributed by atoms with Crippen molar-refractivity contribution in [2.75, 3.05) is 18.2 Å². The van der Waals surface area contributed by atoms with Gasteiger partial charge < -0.3 is 10.1 Å². The average Bonchev–Trinajstić information content (AvgIpc) is 3.00. The van der Waals surface area contributed by atoms with Crippen molar-refractivity contribution >= 4 is 52.2 Å². The molecule has 1 heterocycles. The molecule has 1 fully saturated rings. The quantitative estimate of drug-likeness (QED) is 0.714. The minimum atomic E-state index is -0.309. The van der Waals surface area contributed by atoms with Gasteiger partial charge in [-0.2, -0.15) is 0 Å². The molecule has 6 nitrogen and oxygen atoms in total. The van der Waals surface area contributed by atoms with E-state index in [1.54, 1.807) is 55.7 Å². The van der Waals surface area contributed by atoms with Crippen LogP contribution >= 0.6 is 23.4 Å². The van der Waals surface area contributed by atoms with E-state index < -0.39 is 0 Å². The normalized spacial score (nSPS) is 14.0. The van der Waals surface area contributed by atoms with Gasteiger partial charge in [-0.3, -0.25) is 19.3 Å². The molecule has 0 spiro atoms. The summed E-state index contributed by atoms with van der Waals surface area (Å²) in [6.07, 6.45) is 3.01. The molecule has 3 amide bonds. The van der Waals surface area contributed by atoms with E-state index in [-0.39, 0.29) is 29.4 Å². The van der Waals surface area contributed by atoms with Crippen LogP contribution in [0.3, 0.4) is 0 Å². The molecule has 0 aromatic heterocycles. The highest BCUT2D eigenvalue weighted by atomic mass is 35.5. The number of imide groups is 1. The first kappa shape index (κ1) is 20.0. The van der Waals surface area contributed by atoms with E-state index in [2.05, 4.69) is 5.32 Å². The van der Waals surface area contributed by atoms with Crippen LogP contribution in [0.1, 0.15) is 11.1 Å². The Kier molecular flexibility index (Phi) is 6.38. The number of ether oxygens (including phenoxy) is 1. The molecular weight excluding hydrogens is 400 g/mol. The van der Waals surface area contributed by atoms with Crippen LogP contribution < -0.4 is 10.1 Å². The maximum Gasteiger partial charge on any atom is 0.289 e. The monoisotopic (exact) mass is 416 g/mol. The largest absolute Gasteiger partial charge is 0.496 e. The predicted octanol–water partition coefficient (Wildman–Crippen LogP) is 4.20. The molecule has 2 aromatic rings. The average molecular weight is 417 g/mol. The second-order valence-corrected chi connectivity index (χ2v) is 7.30. The maximum absolute atomic E-state index is 12.1. The summed E-state index contributed by atoms with van der Waals surface area (Å²) >= 11 is 6.98. The molecule has 3 rings (SSSR count). The van der Waals surface area contributed by atoms with Crippen LogP contribution in [0.5, 0.6) is 5.75 Å². The summed E-state index contributed by atoms with van der Waals surface area (Å²) in [5, 5.41) is 3.07. The molecule has 2 aromatic carbocycles. The number of halogens is 1. The van der Waals surface area contributed by atoms with E-state index in [4.69, 9.17) is 16.3 Å². The molecule has 8 heteroatoms. The Labute approximate surface area is 171 Å². The maximum atomic E-state index is 12.1. The number of methoxy groups -OCH3 is 1. The van der Waals surface area contributed by atoms with Gasteiger partial charge in [0.25, 0.3) is 5.24 Å². The molecule has 1 aliphatic rings. The number of benzene rings is 2. The SMILES string of the molecule is COc1ccc(Cl)cc1/C=C/C(=O)Nc1ccc(CN2C(=O)CSC2=O)cc1. The topological polar surface area (TPSA) is 75.7 Å². The molecule has 1 aliphatic heterocycles. The second kappa shape index (κ2) is 8.95. The third-order valence-corrected chi connectivity index (χ3v) is 5.10. The Morgan fingerprint density at radius 1 is 1.25 bits per heavy atom. The van der Waals surface area contributed by atoms with E-state index in [0.29, 0.717) is 22.0 Å². The highest BCUT2D eigenvalue weighted by Crippen LogP contribution is 2.24. The first-order valence-electron chi connectivity index (χ1n) is 8.35. The van der Waals surface area contributed by atoms with Gasteiger partial charge in [0.15, 0.2) is 0 Å². The van der Waals surface area contributed by atoms with Crippen LogP contribution in [0.25, 0.3) is 6.08 Å². The molecule has 1 N–H and O–H groups in total. The molecule has 0 atom stereocenters. The lowest BCUT2D eigenvalue weighted by molar-refractivity contribution is -0.125. The van der Waals surface area contributed by atoms with E-state index in [0.717, 1.165) is 17.3 Å². The molecule has 0 aliphatic carbocycles. The summed E-state index contributed by atoms with van der Waals surface area (Å²) < 4.78 is 5.24. The lowest BCUT2D eigenvalue weighted by atomic mass is 10.1. The Morgan fingerprint density at radius 3 is 2.64 bits per heavy atom. The number of thioether (sulfide) groups is 1. The third-order valence-electron chi connectivity index (χ3n) is 4.01. The van der Waals surface area contributed by atoms with Crippen molar-refractivity contribution in [2.24, 2.45) is 0 Å². The van der Waals surface area contributed by atoms with E-state index in [9.17, 15) is 14.4 Å². The zero-order valence-corrected chi connectivity index (χ0v) is 16.5. The van der Waals surface area contributed by atoms with Crippen LogP contribution in [0.4, 0.5) is 10.5 Å². The van der Waals surface area contributed by atoms with Crippen molar-refractivity contribution in [3.63, 3.8) is 0 Å². The first-order chi connectivity index (χ1) is 13.5. The van der Waals surface area contributed by atoms with Crippen molar-refractivity contribution in [1.29, 1.82) is 0 Å². The smallest absolute Gasteiger partial charge is 0.289 e. The molecule has 0 radical (unpaired) electrons. The predicted molar refractivity (Wildman–Crippen MR) is 111 cm³/mol. The van der Waals surface area contributed by atoms with Crippen molar-refractivity contribution in [3.05, 3.63) is 64.7 Å². The number of amides is 3. The van der Waals surface area contributed by atoms with E-state index in [1.807, 2.05) is 0 Å². The molecule has 144 valence electrons. The third kappa shape index (κ3) is 4.94. The van der Waals surface area contributed by atoms with Gasteiger partial charge in [-0.05, 0) is 42.0 Å². The lowest BCUT2D eigenvalue weighted by Crippen LogP contribution is -2.27. The van der Waals surface area contributed by atoms with Gasteiger partial charge in [0, 0.05) is 22.3 Å². The summed E-state index contributed by atoms with van der Waals surface area (Å²) in [5.41, 5.74) is 2.10. The highest BCUT2D eigenvalue weighted by Gasteiger charge is 2.29. The van der Waals surface area contributed by atoms with E-state index >= 15 is 0 Å². The van der Waals surface area contributed by atoms with Crippen LogP contribution in [0.2, 0.25) is 5.02 Å². The van der Waals surface area contributed by atoms with Crippen molar-refractivity contribution in [1.82, 2.24) is 4.90 Å². The number of rotatable bonds is 6. The summed E-state index contributed by atoms with van der Waals surface area (Å²) in [7, 11) is 1.55. The molecule has 28 heavy (non-hydrogen) atoms. The van der Waals surface area contributed by atoms with E-state index in [1.165, 1.54) is 11.0 Å². The first-order valence-corrected chi connectivity index (χ1v) is 9.71. The second-order valence-electron chi connectivity index (χ2n) is 5.94. The molecule has 0 unspecified atom stereocenters. The van der Waals surface area contributed by atoms with Crippen molar-refractivity contribution in [3.8, 4) is 5.75 Å². The number of hydrogen-bond donors (Lipinski definition) is 1. The number of hydrogen-bond acceptors (Lipinski definition) is 5. The Morgan fingerprint density at radius 2 is 2.00 bits per heavy atom. The molecule has 0 bridgehead atoms. The van der Waals surface area contributed by atoms with Gasteiger partial charge in [-0.1, -0.05) is 35.5 Å². The van der Waals surface area contributed by atoms with Crippen LogP contribution in [0.15, 0.2) is 48.5 Å². The molecule has 1 saturated heterocycles. The van der Waals surface area contributed by atoms with Crippen LogP contribution in [-0.4, -0.2) is 34.8 Å². The summed E-state index contributed by atoms with van der Waals surface area (Å²) in [6, 6.07) is 12.1. The highest BCUT2D eigenvalue weighted by molar-refractivity contribution is 8.14. The fourth-order valence-electron chi connectivity index (χ4n) is 2.59. The number of nitrogens with zero attached hydrogens (tertiary/aromatic N) is 1. The Hall–Kier alpha value is -2.77. The fourth-order valence-corrected chi connectivity index (χ4v) is 3.50. The van der Waals surface area contributed by atoms with Crippen LogP contribution in [0, 0.1) is 0 Å². The van der Waals surface area contributed by atoms with Gasteiger partial charge in [0.05, 0.1) is 19.4 Å². The number of anilines is 1. The minimum Gasteiger partial charge on any atom is -0.496 e. The van der Waals surface area contributed by atoms with Gasteiger partial charge in [-0.15, -0.1) is 0 Å². The zero-order chi connectivity index (χ0) is 20.1. The van der Waals surface area contributed by atoms with Gasteiger partial charge >= 0.3 is 0 Å².